The zero-order valence-electron chi connectivity index (χ0n) is 11.9. The Morgan fingerprint density at radius 1 is 1.47 bits per heavy atom. The first-order valence-electron chi connectivity index (χ1n) is 7.49. The molecular formula is C15H24N2OS. The average molecular weight is 280 g/mol. The standard InChI is InChI=1S/C15H24N2OS/c1-10-3-4-13-14(7-10)19-15(16-13)9-17-6-5-12(8-17)11(2)18/h10-12,18H,3-9H2,1-2H3. The Hall–Kier alpha value is -0.450. The number of fused-ring (bicyclic) bond motifs is 1. The van der Waals surface area contributed by atoms with Gasteiger partial charge in [0.05, 0.1) is 18.3 Å². The minimum Gasteiger partial charge on any atom is -0.393 e. The number of rotatable bonds is 3. The molecule has 1 aliphatic carbocycles. The molecule has 3 nitrogen and oxygen atoms in total. The molecule has 2 heterocycles. The van der Waals surface area contributed by atoms with E-state index in [4.69, 9.17) is 4.98 Å². The molecule has 1 aromatic heterocycles. The number of thiazole rings is 1. The SMILES string of the molecule is CC1CCc2nc(CN3CCC(C(C)O)C3)sc2C1. The largest absolute Gasteiger partial charge is 0.393 e. The second-order valence-corrected chi connectivity index (χ2v) is 7.52. The monoisotopic (exact) mass is 280 g/mol. The normalized spacial score (nSPS) is 29.4. The van der Waals surface area contributed by atoms with Crippen molar-refractivity contribution in [1.29, 1.82) is 0 Å². The number of aryl methyl sites for hydroxylation is 1. The summed E-state index contributed by atoms with van der Waals surface area (Å²) in [4.78, 5) is 8.81. The van der Waals surface area contributed by atoms with Crippen molar-refractivity contribution in [3.8, 4) is 0 Å². The topological polar surface area (TPSA) is 36.4 Å². The van der Waals surface area contributed by atoms with Gasteiger partial charge in [0.2, 0.25) is 0 Å². The highest BCUT2D eigenvalue weighted by Gasteiger charge is 2.27. The van der Waals surface area contributed by atoms with E-state index in [1.54, 1.807) is 0 Å². The summed E-state index contributed by atoms with van der Waals surface area (Å²) in [6.45, 7) is 7.37. The Kier molecular flexibility index (Phi) is 3.92. The van der Waals surface area contributed by atoms with Gasteiger partial charge in [-0.15, -0.1) is 11.3 Å². The number of nitrogens with zero attached hydrogens (tertiary/aromatic N) is 2. The molecule has 19 heavy (non-hydrogen) atoms. The van der Waals surface area contributed by atoms with Crippen molar-refractivity contribution in [1.82, 2.24) is 9.88 Å². The first-order valence-corrected chi connectivity index (χ1v) is 8.31. The maximum atomic E-state index is 9.66. The second-order valence-electron chi connectivity index (χ2n) is 6.35. The Balaban J connectivity index is 1.62. The average Bonchev–Trinajstić information content (AvgIpc) is 2.95. The molecule has 3 atom stereocenters. The van der Waals surface area contributed by atoms with Crippen LogP contribution in [0.2, 0.25) is 0 Å². The molecule has 1 aliphatic heterocycles. The molecule has 4 heteroatoms. The third kappa shape index (κ3) is 3.01. The summed E-state index contributed by atoms with van der Waals surface area (Å²) in [6, 6.07) is 0. The van der Waals surface area contributed by atoms with Gasteiger partial charge in [0.1, 0.15) is 5.01 Å². The zero-order chi connectivity index (χ0) is 13.4. The fraction of sp³-hybridized carbons (Fsp3) is 0.800. The fourth-order valence-electron chi connectivity index (χ4n) is 3.25. The molecular weight excluding hydrogens is 256 g/mol. The molecule has 3 rings (SSSR count). The van der Waals surface area contributed by atoms with Crippen LogP contribution in [0.25, 0.3) is 0 Å². The highest BCUT2D eigenvalue weighted by Crippen LogP contribution is 2.31. The number of aromatic nitrogens is 1. The Bertz CT molecular complexity index is 443. The van der Waals surface area contributed by atoms with Gasteiger partial charge in [-0.25, -0.2) is 4.98 Å². The molecule has 1 N–H and O–H groups in total. The van der Waals surface area contributed by atoms with Crippen LogP contribution in [0, 0.1) is 11.8 Å². The van der Waals surface area contributed by atoms with Crippen LogP contribution >= 0.6 is 11.3 Å². The molecule has 0 saturated carbocycles. The number of aliphatic hydroxyl groups is 1. The summed E-state index contributed by atoms with van der Waals surface area (Å²) in [6.07, 6.45) is 4.64. The summed E-state index contributed by atoms with van der Waals surface area (Å²) in [5.41, 5.74) is 1.37. The summed E-state index contributed by atoms with van der Waals surface area (Å²) in [7, 11) is 0. The quantitative estimate of drug-likeness (QED) is 0.924. The van der Waals surface area contributed by atoms with Crippen molar-refractivity contribution < 1.29 is 5.11 Å². The molecule has 0 amide bonds. The second kappa shape index (κ2) is 5.51. The lowest BCUT2D eigenvalue weighted by molar-refractivity contribution is 0.127. The molecule has 106 valence electrons. The third-order valence-electron chi connectivity index (χ3n) is 4.58. The van der Waals surface area contributed by atoms with Crippen LogP contribution in [0.5, 0.6) is 0 Å². The Morgan fingerprint density at radius 2 is 2.32 bits per heavy atom. The first kappa shape index (κ1) is 13.5. The summed E-state index contributed by atoms with van der Waals surface area (Å²) in [5.74, 6) is 1.28. The lowest BCUT2D eigenvalue weighted by atomic mass is 9.93. The van der Waals surface area contributed by atoms with Gasteiger partial charge >= 0.3 is 0 Å². The van der Waals surface area contributed by atoms with Gasteiger partial charge in [-0.3, -0.25) is 4.90 Å². The van der Waals surface area contributed by atoms with Crippen molar-refractivity contribution in [2.45, 2.75) is 52.2 Å². The molecule has 2 aliphatic rings. The smallest absolute Gasteiger partial charge is 0.107 e. The van der Waals surface area contributed by atoms with Crippen LogP contribution in [-0.4, -0.2) is 34.2 Å². The van der Waals surface area contributed by atoms with Crippen LogP contribution in [0.3, 0.4) is 0 Å². The minimum atomic E-state index is -0.171. The fourth-order valence-corrected chi connectivity index (χ4v) is 4.57. The lowest BCUT2D eigenvalue weighted by Gasteiger charge is -2.15. The third-order valence-corrected chi connectivity index (χ3v) is 5.68. The van der Waals surface area contributed by atoms with Gasteiger partial charge in [-0.05, 0) is 51.0 Å². The predicted octanol–water partition coefficient (Wildman–Crippen LogP) is 2.47. The van der Waals surface area contributed by atoms with Gasteiger partial charge in [0.25, 0.3) is 0 Å². The Morgan fingerprint density at radius 3 is 3.05 bits per heavy atom. The van der Waals surface area contributed by atoms with E-state index in [2.05, 4.69) is 11.8 Å². The van der Waals surface area contributed by atoms with Crippen LogP contribution in [0.15, 0.2) is 0 Å². The van der Waals surface area contributed by atoms with Crippen LogP contribution in [0.4, 0.5) is 0 Å². The minimum absolute atomic E-state index is 0.171. The maximum absolute atomic E-state index is 9.66. The van der Waals surface area contributed by atoms with E-state index < -0.39 is 0 Å². The molecule has 1 aromatic rings. The van der Waals surface area contributed by atoms with Crippen molar-refractivity contribution >= 4 is 11.3 Å². The van der Waals surface area contributed by atoms with E-state index in [1.807, 2.05) is 18.3 Å². The van der Waals surface area contributed by atoms with Crippen molar-refractivity contribution in [2.24, 2.45) is 11.8 Å². The van der Waals surface area contributed by atoms with E-state index in [-0.39, 0.29) is 6.10 Å². The number of aliphatic hydroxyl groups excluding tert-OH is 1. The van der Waals surface area contributed by atoms with Crippen molar-refractivity contribution in [2.75, 3.05) is 13.1 Å². The van der Waals surface area contributed by atoms with Crippen molar-refractivity contribution in [3.05, 3.63) is 15.6 Å². The highest BCUT2D eigenvalue weighted by atomic mass is 32.1. The Labute approximate surface area is 119 Å². The summed E-state index contributed by atoms with van der Waals surface area (Å²) in [5, 5.41) is 10.9. The van der Waals surface area contributed by atoms with Gasteiger partial charge in [0, 0.05) is 11.4 Å². The van der Waals surface area contributed by atoms with Crippen LogP contribution in [0.1, 0.15) is 42.3 Å². The molecule has 0 spiro atoms. The van der Waals surface area contributed by atoms with Gasteiger partial charge in [0.15, 0.2) is 0 Å². The predicted molar refractivity (Wildman–Crippen MR) is 78.4 cm³/mol. The molecule has 3 unspecified atom stereocenters. The first-order chi connectivity index (χ1) is 9.11. The van der Waals surface area contributed by atoms with Crippen LogP contribution in [-0.2, 0) is 19.4 Å². The molecule has 0 bridgehead atoms. The number of hydrogen-bond acceptors (Lipinski definition) is 4. The molecule has 1 fully saturated rings. The molecule has 0 aromatic carbocycles. The lowest BCUT2D eigenvalue weighted by Crippen LogP contribution is -2.23. The highest BCUT2D eigenvalue weighted by molar-refractivity contribution is 7.11. The van der Waals surface area contributed by atoms with Gasteiger partial charge < -0.3 is 5.11 Å². The van der Waals surface area contributed by atoms with E-state index in [1.165, 1.54) is 34.8 Å². The van der Waals surface area contributed by atoms with Crippen molar-refractivity contribution in [3.63, 3.8) is 0 Å². The molecule has 1 saturated heterocycles. The number of likely N-dealkylation sites (tertiary alicyclic amines) is 1. The zero-order valence-corrected chi connectivity index (χ0v) is 12.7. The van der Waals surface area contributed by atoms with E-state index in [9.17, 15) is 5.11 Å². The van der Waals surface area contributed by atoms with E-state index in [0.29, 0.717) is 5.92 Å². The van der Waals surface area contributed by atoms with E-state index in [0.717, 1.165) is 32.0 Å². The maximum Gasteiger partial charge on any atom is 0.107 e. The van der Waals surface area contributed by atoms with Gasteiger partial charge in [-0.2, -0.15) is 0 Å². The van der Waals surface area contributed by atoms with E-state index >= 15 is 0 Å². The summed E-state index contributed by atoms with van der Waals surface area (Å²) < 4.78 is 0. The number of hydrogen-bond donors (Lipinski definition) is 1. The van der Waals surface area contributed by atoms with Crippen LogP contribution < -0.4 is 0 Å². The van der Waals surface area contributed by atoms with Gasteiger partial charge in [-0.1, -0.05) is 6.92 Å². The summed E-state index contributed by atoms with van der Waals surface area (Å²) >= 11 is 1.92. The molecule has 0 radical (unpaired) electrons.